The van der Waals surface area contributed by atoms with Gasteiger partial charge >= 0.3 is 5.97 Å². The van der Waals surface area contributed by atoms with Gasteiger partial charge in [0.05, 0.1) is 23.3 Å². The Morgan fingerprint density at radius 2 is 1.62 bits per heavy atom. The predicted molar refractivity (Wildman–Crippen MR) is 69.2 cm³/mol. The number of hydrogen-bond donors (Lipinski definition) is 1. The van der Waals surface area contributed by atoms with Crippen LogP contribution in [0.2, 0.25) is 0 Å². The smallest absolute Gasteiger partial charge is 0.336 e. The molecule has 2 atom stereocenters. The van der Waals surface area contributed by atoms with E-state index in [-0.39, 0.29) is 30.9 Å². The second-order valence-corrected chi connectivity index (χ2v) is 5.08. The summed E-state index contributed by atoms with van der Waals surface area (Å²) in [5.74, 6) is -4.68. The lowest BCUT2D eigenvalue weighted by molar-refractivity contribution is -0.0586. The molecule has 0 saturated carbocycles. The second kappa shape index (κ2) is 5.77. The van der Waals surface area contributed by atoms with E-state index in [1.165, 1.54) is 4.90 Å². The number of ether oxygens (including phenoxy) is 1. The molecule has 1 aromatic rings. The Morgan fingerprint density at radius 3 is 2.10 bits per heavy atom. The summed E-state index contributed by atoms with van der Waals surface area (Å²) in [6.07, 6.45) is -0.424. The van der Waals surface area contributed by atoms with Crippen LogP contribution < -0.4 is 0 Å². The first-order chi connectivity index (χ1) is 9.79. The Bertz CT molecular complexity index is 581. The van der Waals surface area contributed by atoms with Crippen LogP contribution in [0.4, 0.5) is 8.78 Å². The molecule has 1 aliphatic heterocycles. The van der Waals surface area contributed by atoms with Crippen LogP contribution in [0.15, 0.2) is 12.1 Å². The average Bonchev–Trinajstić information content (AvgIpc) is 2.39. The lowest BCUT2D eigenvalue weighted by atomic mass is 10.0. The fourth-order valence-electron chi connectivity index (χ4n) is 2.41. The number of benzene rings is 1. The topological polar surface area (TPSA) is 66.8 Å². The minimum atomic E-state index is -1.48. The molecule has 0 radical (unpaired) electrons. The Morgan fingerprint density at radius 1 is 1.14 bits per heavy atom. The van der Waals surface area contributed by atoms with Gasteiger partial charge in [0.25, 0.3) is 5.91 Å². The van der Waals surface area contributed by atoms with Gasteiger partial charge in [-0.2, -0.15) is 0 Å². The second-order valence-electron chi connectivity index (χ2n) is 5.08. The number of amides is 1. The van der Waals surface area contributed by atoms with Crippen LogP contribution in [0, 0.1) is 11.6 Å². The number of hydrogen-bond acceptors (Lipinski definition) is 3. The number of nitrogens with zero attached hydrogens (tertiary/aromatic N) is 1. The van der Waals surface area contributed by atoms with Crippen LogP contribution in [0.25, 0.3) is 0 Å². The summed E-state index contributed by atoms with van der Waals surface area (Å²) in [6.45, 7) is 4.08. The zero-order valence-electron chi connectivity index (χ0n) is 11.6. The molecule has 1 aliphatic rings. The number of carbonyl (C=O) groups excluding carboxylic acids is 1. The summed E-state index contributed by atoms with van der Waals surface area (Å²) in [6, 6.07) is 1.16. The zero-order valence-corrected chi connectivity index (χ0v) is 11.6. The Kier molecular flexibility index (Phi) is 4.22. The van der Waals surface area contributed by atoms with Crippen molar-refractivity contribution in [3.63, 3.8) is 0 Å². The molecular weight excluding hydrogens is 284 g/mol. The molecule has 21 heavy (non-hydrogen) atoms. The predicted octanol–water partition coefficient (Wildman–Crippen LogP) is 1.91. The summed E-state index contributed by atoms with van der Waals surface area (Å²) in [5, 5.41) is 9.05. The van der Waals surface area contributed by atoms with Crippen LogP contribution in [-0.4, -0.2) is 47.2 Å². The van der Waals surface area contributed by atoms with Crippen molar-refractivity contribution in [2.45, 2.75) is 26.1 Å². The quantitative estimate of drug-likeness (QED) is 0.906. The highest BCUT2D eigenvalue weighted by molar-refractivity contribution is 6.04. The van der Waals surface area contributed by atoms with Crippen molar-refractivity contribution >= 4 is 11.9 Å². The van der Waals surface area contributed by atoms with Gasteiger partial charge in [-0.25, -0.2) is 13.6 Å². The van der Waals surface area contributed by atoms with E-state index in [4.69, 9.17) is 9.84 Å². The zero-order chi connectivity index (χ0) is 15.7. The number of morpholine rings is 1. The summed E-state index contributed by atoms with van der Waals surface area (Å²) >= 11 is 0. The maximum atomic E-state index is 13.3. The lowest BCUT2D eigenvalue weighted by Crippen LogP contribution is -2.48. The Labute approximate surface area is 120 Å². The molecule has 1 amide bonds. The van der Waals surface area contributed by atoms with Gasteiger partial charge in [0.2, 0.25) is 0 Å². The van der Waals surface area contributed by atoms with Crippen molar-refractivity contribution in [2.24, 2.45) is 0 Å². The summed E-state index contributed by atoms with van der Waals surface area (Å²) < 4.78 is 32.0. The van der Waals surface area contributed by atoms with E-state index in [9.17, 15) is 18.4 Å². The molecule has 5 nitrogen and oxygen atoms in total. The normalized spacial score (nSPS) is 22.2. The van der Waals surface area contributed by atoms with Gasteiger partial charge in [-0.3, -0.25) is 4.79 Å². The van der Waals surface area contributed by atoms with Gasteiger partial charge in [-0.1, -0.05) is 0 Å². The van der Waals surface area contributed by atoms with Gasteiger partial charge < -0.3 is 14.7 Å². The SMILES string of the molecule is CC1CN(C(=O)c2cc(F)c(F)cc2C(=O)O)CC(C)O1. The largest absolute Gasteiger partial charge is 0.478 e. The number of aromatic carboxylic acids is 1. The minimum Gasteiger partial charge on any atom is -0.478 e. The van der Waals surface area contributed by atoms with Crippen molar-refractivity contribution in [3.8, 4) is 0 Å². The highest BCUT2D eigenvalue weighted by Crippen LogP contribution is 2.20. The standard InChI is InChI=1S/C14H15F2NO4/c1-7-5-17(6-8(2)21-7)13(18)9-3-11(15)12(16)4-10(9)14(19)20/h3-4,7-8H,5-6H2,1-2H3,(H,19,20). The van der Waals surface area contributed by atoms with E-state index in [1.54, 1.807) is 13.8 Å². The number of carboxylic acid groups (broad SMARTS) is 1. The van der Waals surface area contributed by atoms with Gasteiger partial charge in [-0.15, -0.1) is 0 Å². The first-order valence-corrected chi connectivity index (χ1v) is 6.46. The molecule has 0 aromatic heterocycles. The van der Waals surface area contributed by atoms with Crippen LogP contribution in [-0.2, 0) is 4.74 Å². The fourth-order valence-corrected chi connectivity index (χ4v) is 2.41. The Hall–Kier alpha value is -2.02. The molecule has 7 heteroatoms. The minimum absolute atomic E-state index is 0.212. The van der Waals surface area contributed by atoms with Gasteiger partial charge in [-0.05, 0) is 26.0 Å². The molecule has 114 valence electrons. The summed E-state index contributed by atoms with van der Waals surface area (Å²) in [4.78, 5) is 24.9. The number of rotatable bonds is 2. The molecule has 0 spiro atoms. The summed E-state index contributed by atoms with van der Waals surface area (Å²) in [7, 11) is 0. The van der Waals surface area contributed by atoms with Gasteiger partial charge in [0.15, 0.2) is 11.6 Å². The molecule has 1 fully saturated rings. The number of carboxylic acids is 1. The summed E-state index contributed by atoms with van der Waals surface area (Å²) in [5.41, 5.74) is -0.909. The van der Waals surface area contributed by atoms with Crippen LogP contribution in [0.1, 0.15) is 34.6 Å². The fraction of sp³-hybridized carbons (Fsp3) is 0.429. The maximum Gasteiger partial charge on any atom is 0.336 e. The van der Waals surface area contributed by atoms with Crippen molar-refractivity contribution in [1.82, 2.24) is 4.90 Å². The molecule has 1 aromatic carbocycles. The van der Waals surface area contributed by atoms with E-state index >= 15 is 0 Å². The van der Waals surface area contributed by atoms with Crippen LogP contribution >= 0.6 is 0 Å². The van der Waals surface area contributed by atoms with E-state index in [0.29, 0.717) is 12.1 Å². The molecular formula is C14H15F2NO4. The van der Waals surface area contributed by atoms with Crippen molar-refractivity contribution < 1.29 is 28.2 Å². The monoisotopic (exact) mass is 299 g/mol. The van der Waals surface area contributed by atoms with E-state index in [0.717, 1.165) is 0 Å². The molecule has 1 heterocycles. The van der Waals surface area contributed by atoms with E-state index in [1.807, 2.05) is 0 Å². The van der Waals surface area contributed by atoms with E-state index < -0.39 is 29.1 Å². The van der Waals surface area contributed by atoms with Crippen molar-refractivity contribution in [1.29, 1.82) is 0 Å². The van der Waals surface area contributed by atoms with Gasteiger partial charge in [0.1, 0.15) is 0 Å². The molecule has 0 aliphatic carbocycles. The third-order valence-electron chi connectivity index (χ3n) is 3.23. The van der Waals surface area contributed by atoms with Crippen molar-refractivity contribution in [3.05, 3.63) is 34.9 Å². The Balaban J connectivity index is 2.38. The third-order valence-corrected chi connectivity index (χ3v) is 3.23. The first kappa shape index (κ1) is 15.4. The average molecular weight is 299 g/mol. The first-order valence-electron chi connectivity index (χ1n) is 6.46. The highest BCUT2D eigenvalue weighted by atomic mass is 19.2. The van der Waals surface area contributed by atoms with E-state index in [2.05, 4.69) is 0 Å². The lowest BCUT2D eigenvalue weighted by Gasteiger charge is -2.35. The van der Waals surface area contributed by atoms with Crippen LogP contribution in [0.5, 0.6) is 0 Å². The molecule has 1 N–H and O–H groups in total. The van der Waals surface area contributed by atoms with Crippen LogP contribution in [0.3, 0.4) is 0 Å². The number of halogens is 2. The van der Waals surface area contributed by atoms with Crippen molar-refractivity contribution in [2.75, 3.05) is 13.1 Å². The molecule has 0 bridgehead atoms. The third kappa shape index (κ3) is 3.18. The highest BCUT2D eigenvalue weighted by Gasteiger charge is 2.29. The molecule has 1 saturated heterocycles. The maximum absolute atomic E-state index is 13.3. The molecule has 2 rings (SSSR count). The molecule has 2 unspecified atom stereocenters. The number of carbonyl (C=O) groups is 2. The van der Waals surface area contributed by atoms with Gasteiger partial charge in [0, 0.05) is 13.1 Å².